The smallest absolute Gasteiger partial charge is 0.244 e. The van der Waals surface area contributed by atoms with Crippen molar-refractivity contribution in [1.29, 1.82) is 0 Å². The maximum Gasteiger partial charge on any atom is 0.244 e. The summed E-state index contributed by atoms with van der Waals surface area (Å²) < 4.78 is 31.7. The molecule has 2 aromatic rings. The third-order valence-corrected chi connectivity index (χ3v) is 6.40. The molecule has 2 aromatic carbocycles. The standard InChI is InChI=1S/C25H35N3O5S/c1-17(2)26-25(30)20(5)27(15-21-9-8-10-23(14-21)33-6)24(29)16-28(34(7,31)32)22-12-18(3)11-19(4)13-22/h8-14,17,20H,15-16H2,1-7H3,(H,26,30)/t20-/m0/s1. The number of carbonyl (C=O) groups is 2. The van der Waals surface area contributed by atoms with E-state index in [1.807, 2.05) is 39.8 Å². The molecule has 0 unspecified atom stereocenters. The van der Waals surface area contributed by atoms with Gasteiger partial charge in [-0.2, -0.15) is 0 Å². The number of benzene rings is 2. The Morgan fingerprint density at radius 1 is 1.03 bits per heavy atom. The highest BCUT2D eigenvalue weighted by molar-refractivity contribution is 7.92. The number of hydrogen-bond acceptors (Lipinski definition) is 5. The van der Waals surface area contributed by atoms with Crippen LogP contribution in [0.4, 0.5) is 5.69 Å². The van der Waals surface area contributed by atoms with E-state index in [1.54, 1.807) is 44.4 Å². The number of amides is 2. The van der Waals surface area contributed by atoms with Gasteiger partial charge < -0.3 is 15.0 Å². The van der Waals surface area contributed by atoms with Crippen molar-refractivity contribution in [2.75, 3.05) is 24.2 Å². The van der Waals surface area contributed by atoms with Gasteiger partial charge in [-0.25, -0.2) is 8.42 Å². The van der Waals surface area contributed by atoms with Crippen LogP contribution in [0.25, 0.3) is 0 Å². The molecule has 0 aliphatic carbocycles. The normalized spacial score (nSPS) is 12.2. The van der Waals surface area contributed by atoms with E-state index >= 15 is 0 Å². The lowest BCUT2D eigenvalue weighted by Gasteiger charge is -2.32. The van der Waals surface area contributed by atoms with Crippen molar-refractivity contribution >= 4 is 27.5 Å². The predicted octanol–water partition coefficient (Wildman–Crippen LogP) is 3.02. The van der Waals surface area contributed by atoms with Crippen LogP contribution in [-0.2, 0) is 26.2 Å². The molecule has 0 fully saturated rings. The first-order valence-corrected chi connectivity index (χ1v) is 13.0. The van der Waals surface area contributed by atoms with Gasteiger partial charge in [0.2, 0.25) is 21.8 Å². The Morgan fingerprint density at radius 3 is 2.18 bits per heavy atom. The second-order valence-electron chi connectivity index (χ2n) is 8.83. The van der Waals surface area contributed by atoms with Gasteiger partial charge in [-0.15, -0.1) is 0 Å². The van der Waals surface area contributed by atoms with Gasteiger partial charge in [0.15, 0.2) is 0 Å². The molecule has 1 N–H and O–H groups in total. The van der Waals surface area contributed by atoms with Crippen LogP contribution in [0.1, 0.15) is 37.5 Å². The average Bonchev–Trinajstić information content (AvgIpc) is 2.73. The Kier molecular flexibility index (Phi) is 9.09. The van der Waals surface area contributed by atoms with Crippen LogP contribution >= 0.6 is 0 Å². The van der Waals surface area contributed by atoms with Crippen LogP contribution < -0.4 is 14.4 Å². The van der Waals surface area contributed by atoms with Gasteiger partial charge >= 0.3 is 0 Å². The topological polar surface area (TPSA) is 96.0 Å². The van der Waals surface area contributed by atoms with Crippen molar-refractivity contribution < 1.29 is 22.7 Å². The molecule has 0 bridgehead atoms. The van der Waals surface area contributed by atoms with Crippen molar-refractivity contribution in [2.24, 2.45) is 0 Å². The van der Waals surface area contributed by atoms with Gasteiger partial charge in [-0.05, 0) is 75.6 Å². The molecule has 0 spiro atoms. The molecule has 0 aliphatic heterocycles. The Balaban J connectivity index is 2.43. The maximum atomic E-state index is 13.5. The molecule has 0 saturated heterocycles. The first-order valence-electron chi connectivity index (χ1n) is 11.1. The number of nitrogens with one attached hydrogen (secondary N) is 1. The number of sulfonamides is 1. The third kappa shape index (κ3) is 7.48. The molecule has 2 rings (SSSR count). The number of anilines is 1. The van der Waals surface area contributed by atoms with Gasteiger partial charge in [0.25, 0.3) is 0 Å². The lowest BCUT2D eigenvalue weighted by atomic mass is 10.1. The molecule has 186 valence electrons. The quantitative estimate of drug-likeness (QED) is 0.554. The Labute approximate surface area is 202 Å². The molecule has 34 heavy (non-hydrogen) atoms. The van der Waals surface area contributed by atoms with E-state index in [0.717, 1.165) is 27.3 Å². The van der Waals surface area contributed by atoms with Crippen molar-refractivity contribution in [3.8, 4) is 5.75 Å². The second kappa shape index (κ2) is 11.4. The molecule has 0 aliphatic rings. The molecule has 0 saturated carbocycles. The van der Waals surface area contributed by atoms with Crippen molar-refractivity contribution in [2.45, 2.75) is 53.2 Å². The van der Waals surface area contributed by atoms with E-state index in [2.05, 4.69) is 5.32 Å². The predicted molar refractivity (Wildman–Crippen MR) is 134 cm³/mol. The Hall–Kier alpha value is -3.07. The van der Waals surface area contributed by atoms with Gasteiger partial charge in [0.05, 0.1) is 19.1 Å². The summed E-state index contributed by atoms with van der Waals surface area (Å²) in [7, 11) is -2.21. The largest absolute Gasteiger partial charge is 0.497 e. The average molecular weight is 490 g/mol. The number of nitrogens with zero attached hydrogens (tertiary/aromatic N) is 2. The third-order valence-electron chi connectivity index (χ3n) is 5.26. The number of methoxy groups -OCH3 is 1. The van der Waals surface area contributed by atoms with Gasteiger partial charge in [-0.1, -0.05) is 18.2 Å². The highest BCUT2D eigenvalue weighted by atomic mass is 32.2. The summed E-state index contributed by atoms with van der Waals surface area (Å²) in [6.45, 7) is 8.74. The summed E-state index contributed by atoms with van der Waals surface area (Å²) in [6, 6.07) is 11.7. The fourth-order valence-electron chi connectivity index (χ4n) is 3.66. The van der Waals surface area contributed by atoms with Crippen LogP contribution in [0.5, 0.6) is 5.75 Å². The fourth-order valence-corrected chi connectivity index (χ4v) is 4.50. The van der Waals surface area contributed by atoms with Crippen LogP contribution in [-0.4, -0.2) is 57.1 Å². The summed E-state index contributed by atoms with van der Waals surface area (Å²) in [5.74, 6) is -0.181. The van der Waals surface area contributed by atoms with Crippen LogP contribution in [0, 0.1) is 13.8 Å². The van der Waals surface area contributed by atoms with Crippen molar-refractivity contribution in [1.82, 2.24) is 10.2 Å². The number of ether oxygens (including phenoxy) is 1. The summed E-state index contributed by atoms with van der Waals surface area (Å²) in [4.78, 5) is 27.7. The molecule has 8 nitrogen and oxygen atoms in total. The minimum Gasteiger partial charge on any atom is -0.497 e. The number of hydrogen-bond donors (Lipinski definition) is 1. The molecular weight excluding hydrogens is 454 g/mol. The minimum absolute atomic E-state index is 0.105. The molecule has 0 heterocycles. The molecular formula is C25H35N3O5S. The first-order chi connectivity index (χ1) is 15.8. The first kappa shape index (κ1) is 27.2. The number of rotatable bonds is 10. The maximum absolute atomic E-state index is 13.5. The Morgan fingerprint density at radius 2 is 1.65 bits per heavy atom. The molecule has 0 aromatic heterocycles. The number of aryl methyl sites for hydroxylation is 2. The second-order valence-corrected chi connectivity index (χ2v) is 10.7. The van der Waals surface area contributed by atoms with E-state index in [-0.39, 0.29) is 18.5 Å². The fraction of sp³-hybridized carbons (Fsp3) is 0.440. The Bertz CT molecular complexity index is 1110. The van der Waals surface area contributed by atoms with Gasteiger partial charge in [-0.3, -0.25) is 13.9 Å². The van der Waals surface area contributed by atoms with E-state index in [1.165, 1.54) is 4.90 Å². The lowest BCUT2D eigenvalue weighted by Crippen LogP contribution is -2.52. The summed E-state index contributed by atoms with van der Waals surface area (Å²) in [5, 5.41) is 2.83. The van der Waals surface area contributed by atoms with Crippen LogP contribution in [0.15, 0.2) is 42.5 Å². The van der Waals surface area contributed by atoms with Crippen molar-refractivity contribution in [3.63, 3.8) is 0 Å². The summed E-state index contributed by atoms with van der Waals surface area (Å²) in [6.07, 6.45) is 1.07. The lowest BCUT2D eigenvalue weighted by molar-refractivity contribution is -0.139. The van der Waals surface area contributed by atoms with E-state index < -0.39 is 28.5 Å². The summed E-state index contributed by atoms with van der Waals surface area (Å²) in [5.41, 5.74) is 2.94. The molecule has 2 amide bonds. The van der Waals surface area contributed by atoms with E-state index in [9.17, 15) is 18.0 Å². The summed E-state index contributed by atoms with van der Waals surface area (Å²) >= 11 is 0. The highest BCUT2D eigenvalue weighted by Gasteiger charge is 2.30. The molecule has 9 heteroatoms. The molecule has 0 radical (unpaired) electrons. The van der Waals surface area contributed by atoms with Crippen LogP contribution in [0.3, 0.4) is 0 Å². The zero-order valence-electron chi connectivity index (χ0n) is 21.0. The van der Waals surface area contributed by atoms with Crippen molar-refractivity contribution in [3.05, 3.63) is 59.2 Å². The number of carbonyl (C=O) groups excluding carboxylic acids is 2. The van der Waals surface area contributed by atoms with E-state index in [4.69, 9.17) is 4.74 Å². The SMILES string of the molecule is COc1cccc(CN(C(=O)CN(c2cc(C)cc(C)c2)S(C)(=O)=O)[C@@H](C)C(=O)NC(C)C)c1. The highest BCUT2D eigenvalue weighted by Crippen LogP contribution is 2.23. The minimum atomic E-state index is -3.76. The zero-order chi connectivity index (χ0) is 25.6. The van der Waals surface area contributed by atoms with Crippen LogP contribution in [0.2, 0.25) is 0 Å². The van der Waals surface area contributed by atoms with E-state index in [0.29, 0.717) is 11.4 Å². The molecule has 1 atom stereocenters. The zero-order valence-corrected chi connectivity index (χ0v) is 21.8. The van der Waals surface area contributed by atoms with Gasteiger partial charge in [0, 0.05) is 12.6 Å². The monoisotopic (exact) mass is 489 g/mol. The van der Waals surface area contributed by atoms with Gasteiger partial charge in [0.1, 0.15) is 18.3 Å².